The van der Waals surface area contributed by atoms with Crippen LogP contribution in [0, 0.1) is 11.8 Å². The molecule has 3 fully saturated rings. The van der Waals surface area contributed by atoms with E-state index in [0.29, 0.717) is 68.3 Å². The largest absolute Gasteiger partial charge is 0.481 e. The Morgan fingerprint density at radius 1 is 1.05 bits per heavy atom. The molecule has 1 amide bonds. The highest BCUT2D eigenvalue weighted by atomic mass is 35.5. The number of rotatable bonds is 9. The molecular formula is C32H38ClN3O6S. The summed E-state index contributed by atoms with van der Waals surface area (Å²) in [4.78, 5) is 26.5. The number of halogens is 1. The number of sulfonamides is 1. The fourth-order valence-corrected chi connectivity index (χ4v) is 8.41. The van der Waals surface area contributed by atoms with Crippen molar-refractivity contribution >= 4 is 44.4 Å². The number of fused-ring (bicyclic) bond motifs is 1. The van der Waals surface area contributed by atoms with Gasteiger partial charge in [-0.2, -0.15) is 0 Å². The lowest BCUT2D eigenvalue weighted by Gasteiger charge is -2.39. The summed E-state index contributed by atoms with van der Waals surface area (Å²) in [5.41, 5.74) is 3.23. The summed E-state index contributed by atoms with van der Waals surface area (Å²) < 4.78 is 37.4. The van der Waals surface area contributed by atoms with E-state index < -0.39 is 16.0 Å². The van der Waals surface area contributed by atoms with Gasteiger partial charge in [-0.25, -0.2) is 13.1 Å². The molecule has 6 rings (SSSR count). The van der Waals surface area contributed by atoms with Crippen molar-refractivity contribution < 1.29 is 27.9 Å². The Bertz CT molecular complexity index is 1620. The molecule has 2 heterocycles. The van der Waals surface area contributed by atoms with Gasteiger partial charge < -0.3 is 19.3 Å². The lowest BCUT2D eigenvalue weighted by molar-refractivity contribution is -0.146. The zero-order chi connectivity index (χ0) is 30.3. The number of hydrogen-bond donors (Lipinski definition) is 2. The van der Waals surface area contributed by atoms with Crippen LogP contribution in [-0.4, -0.2) is 66.7 Å². The molecule has 0 spiro atoms. The molecule has 230 valence electrons. The molecule has 0 radical (unpaired) electrons. The van der Waals surface area contributed by atoms with Gasteiger partial charge in [-0.05, 0) is 80.2 Å². The van der Waals surface area contributed by atoms with Crippen LogP contribution >= 0.6 is 11.6 Å². The molecule has 2 N–H and O–H groups in total. The summed E-state index contributed by atoms with van der Waals surface area (Å²) in [5, 5.41) is 10.2. The lowest BCUT2D eigenvalue weighted by atomic mass is 9.85. The van der Waals surface area contributed by atoms with E-state index in [0.717, 1.165) is 35.0 Å². The number of ether oxygens (including phenoxy) is 1. The van der Waals surface area contributed by atoms with Gasteiger partial charge in [-0.15, -0.1) is 0 Å². The lowest BCUT2D eigenvalue weighted by Crippen LogP contribution is -2.52. The first kappa shape index (κ1) is 30.1. The Morgan fingerprint density at radius 3 is 2.44 bits per heavy atom. The maximum absolute atomic E-state index is 13.5. The van der Waals surface area contributed by atoms with E-state index in [1.165, 1.54) is 0 Å². The smallest absolute Gasteiger partial charge is 0.303 e. The second-order valence-electron chi connectivity index (χ2n) is 12.2. The number of carboxylic acids is 1. The van der Waals surface area contributed by atoms with Crippen LogP contribution < -0.4 is 4.72 Å². The van der Waals surface area contributed by atoms with Gasteiger partial charge in [0, 0.05) is 37.4 Å². The van der Waals surface area contributed by atoms with E-state index in [1.54, 1.807) is 18.2 Å². The predicted octanol–water partition coefficient (Wildman–Crippen LogP) is 4.99. The Labute approximate surface area is 257 Å². The molecule has 3 aliphatic rings. The summed E-state index contributed by atoms with van der Waals surface area (Å²) >= 11 is 6.79. The average molecular weight is 628 g/mol. The highest BCUT2D eigenvalue weighted by molar-refractivity contribution is 7.89. The zero-order valence-electron chi connectivity index (χ0n) is 24.3. The summed E-state index contributed by atoms with van der Waals surface area (Å²) in [6.45, 7) is 1.87. The molecule has 11 heteroatoms. The Balaban J connectivity index is 1.13. The summed E-state index contributed by atoms with van der Waals surface area (Å²) in [5.74, 6) is -0.129. The molecule has 2 aromatic carbocycles. The normalized spacial score (nSPS) is 23.0. The molecule has 1 unspecified atom stereocenters. The van der Waals surface area contributed by atoms with E-state index in [9.17, 15) is 18.0 Å². The number of carbonyl (C=O) groups excluding carboxylic acids is 1. The number of nitrogens with zero attached hydrogens (tertiary/aromatic N) is 2. The number of morpholine rings is 1. The van der Waals surface area contributed by atoms with Crippen molar-refractivity contribution in [3.05, 3.63) is 53.1 Å². The number of aryl methyl sites for hydroxylation is 2. The van der Waals surface area contributed by atoms with Crippen LogP contribution in [0.3, 0.4) is 0 Å². The van der Waals surface area contributed by atoms with Crippen LogP contribution in [0.4, 0.5) is 0 Å². The first-order chi connectivity index (χ1) is 20.6. The minimum atomic E-state index is -3.79. The van der Waals surface area contributed by atoms with Crippen molar-refractivity contribution in [2.75, 3.05) is 19.8 Å². The van der Waals surface area contributed by atoms with Crippen molar-refractivity contribution in [3.8, 4) is 11.3 Å². The molecule has 43 heavy (non-hydrogen) atoms. The Hall–Kier alpha value is -2.92. The van der Waals surface area contributed by atoms with Gasteiger partial charge in [-0.3, -0.25) is 9.59 Å². The quantitative estimate of drug-likeness (QED) is 0.345. The second kappa shape index (κ2) is 12.2. The molecule has 9 nitrogen and oxygen atoms in total. The topological polar surface area (TPSA) is 118 Å². The summed E-state index contributed by atoms with van der Waals surface area (Å²) in [6, 6.07) is 12.5. The van der Waals surface area contributed by atoms with E-state index in [2.05, 4.69) is 4.72 Å². The minimum Gasteiger partial charge on any atom is -0.481 e. The molecule has 1 aromatic heterocycles. The number of aliphatic carboxylic acids is 1. The van der Waals surface area contributed by atoms with Crippen molar-refractivity contribution in [2.45, 2.75) is 68.3 Å². The highest BCUT2D eigenvalue weighted by Gasteiger charge is 2.41. The monoisotopic (exact) mass is 627 g/mol. The van der Waals surface area contributed by atoms with Crippen LogP contribution in [0.2, 0.25) is 5.02 Å². The van der Waals surface area contributed by atoms with Crippen molar-refractivity contribution in [1.82, 2.24) is 14.2 Å². The number of nitrogens with one attached hydrogen (secondary N) is 1. The third-order valence-electron chi connectivity index (χ3n) is 9.29. The maximum atomic E-state index is 13.5. The fraction of sp³-hybridized carbons (Fsp3) is 0.500. The molecule has 2 saturated carbocycles. The van der Waals surface area contributed by atoms with E-state index >= 15 is 0 Å². The Morgan fingerprint density at radius 2 is 1.77 bits per heavy atom. The number of amides is 1. The predicted molar refractivity (Wildman–Crippen MR) is 164 cm³/mol. The average Bonchev–Trinajstić information content (AvgIpc) is 3.82. The summed E-state index contributed by atoms with van der Waals surface area (Å²) in [7, 11) is -1.94. The van der Waals surface area contributed by atoms with Gasteiger partial charge in [0.15, 0.2) is 0 Å². The number of carbonyl (C=O) groups is 2. The van der Waals surface area contributed by atoms with Gasteiger partial charge >= 0.3 is 5.97 Å². The van der Waals surface area contributed by atoms with Gasteiger partial charge in [0.1, 0.15) is 0 Å². The minimum absolute atomic E-state index is 0.0633. The van der Waals surface area contributed by atoms with E-state index in [4.69, 9.17) is 21.4 Å². The number of benzene rings is 2. The third kappa shape index (κ3) is 6.34. The molecule has 0 bridgehead atoms. The molecular weight excluding hydrogens is 590 g/mol. The first-order valence-corrected chi connectivity index (χ1v) is 17.0. The third-order valence-corrected chi connectivity index (χ3v) is 11.2. The molecule has 1 atom stereocenters. The van der Waals surface area contributed by atoms with Crippen LogP contribution in [0.5, 0.6) is 0 Å². The standard InChI is InChI=1S/C32H38ClN3O6S/c1-35-27-18-25(13-14-26(27)30(33)31(35)22-5-2-20(3-6-22)4-15-29(37)38)43(40,41)34-24-11-9-23(10-12-24)32(39)36-16-17-42-19-28(36)21-7-8-21/h2-3,5-6,13-14,18,21,23-24,28,34H,4,7-12,15-17,19H2,1H3,(H,37,38). The number of carboxylic acid groups (broad SMARTS) is 1. The van der Waals surface area contributed by atoms with E-state index in [-0.39, 0.29) is 35.2 Å². The fourth-order valence-electron chi connectivity index (χ4n) is 6.69. The number of hydrogen-bond acceptors (Lipinski definition) is 5. The zero-order valence-corrected chi connectivity index (χ0v) is 25.9. The van der Waals surface area contributed by atoms with Gasteiger partial charge in [0.05, 0.1) is 40.4 Å². The molecule has 1 saturated heterocycles. The van der Waals surface area contributed by atoms with Crippen LogP contribution in [0.15, 0.2) is 47.4 Å². The van der Waals surface area contributed by atoms with Crippen LogP contribution in [0.25, 0.3) is 22.2 Å². The van der Waals surface area contributed by atoms with Crippen LogP contribution in [0.1, 0.15) is 50.5 Å². The first-order valence-electron chi connectivity index (χ1n) is 15.1. The van der Waals surface area contributed by atoms with Crippen LogP contribution in [-0.2, 0) is 37.8 Å². The summed E-state index contributed by atoms with van der Waals surface area (Å²) in [6.07, 6.45) is 5.43. The van der Waals surface area contributed by atoms with Crippen molar-refractivity contribution in [1.29, 1.82) is 0 Å². The number of aromatic nitrogens is 1. The molecule has 3 aromatic rings. The highest BCUT2D eigenvalue weighted by Crippen LogP contribution is 2.39. The van der Waals surface area contributed by atoms with Crippen molar-refractivity contribution in [3.63, 3.8) is 0 Å². The molecule has 1 aliphatic heterocycles. The van der Waals surface area contributed by atoms with E-state index in [1.807, 2.05) is 40.8 Å². The molecule has 2 aliphatic carbocycles. The second-order valence-corrected chi connectivity index (χ2v) is 14.3. The van der Waals surface area contributed by atoms with Gasteiger partial charge in [0.25, 0.3) is 0 Å². The van der Waals surface area contributed by atoms with Gasteiger partial charge in [0.2, 0.25) is 15.9 Å². The van der Waals surface area contributed by atoms with Gasteiger partial charge in [-0.1, -0.05) is 35.9 Å². The maximum Gasteiger partial charge on any atom is 0.303 e. The SMILES string of the molecule is Cn1c(-c2ccc(CCC(=O)O)cc2)c(Cl)c2ccc(S(=O)(=O)NC3CCC(C(=O)N4CCOCC4C4CC4)CC3)cc21. The Kier molecular flexibility index (Phi) is 8.56. The van der Waals surface area contributed by atoms with Crippen molar-refractivity contribution in [2.24, 2.45) is 18.9 Å².